The molecule has 1 amide bonds. The highest BCUT2D eigenvalue weighted by Gasteiger charge is 2.24. The zero-order valence-electron chi connectivity index (χ0n) is 15.7. The molecule has 0 saturated carbocycles. The standard InChI is InChI=1S/C21H23FN2O4/c1-16(28-17-7-3-2-4-8-17)21(26)27-15-20(25)24-13-11-23(12-14-24)19-10-6-5-9-18(19)22/h2-10,16H,11-15H2,1H3/t16-/m0/s1. The number of carbonyl (C=O) groups is 2. The van der Waals surface area contributed by atoms with Crippen LogP contribution in [-0.4, -0.2) is 55.7 Å². The number of anilines is 1. The molecule has 6 nitrogen and oxygen atoms in total. The number of piperazine rings is 1. The molecule has 0 aliphatic carbocycles. The van der Waals surface area contributed by atoms with Gasteiger partial charge in [-0.15, -0.1) is 0 Å². The predicted octanol–water partition coefficient (Wildman–Crippen LogP) is 2.49. The third-order valence-electron chi connectivity index (χ3n) is 4.55. The van der Waals surface area contributed by atoms with E-state index in [-0.39, 0.29) is 18.3 Å². The van der Waals surface area contributed by atoms with Crippen LogP contribution in [0.25, 0.3) is 0 Å². The van der Waals surface area contributed by atoms with Crippen LogP contribution in [0.2, 0.25) is 0 Å². The van der Waals surface area contributed by atoms with E-state index in [9.17, 15) is 14.0 Å². The SMILES string of the molecule is C[C@H](Oc1ccccc1)C(=O)OCC(=O)N1CCN(c2ccccc2F)CC1. The van der Waals surface area contributed by atoms with E-state index in [1.165, 1.54) is 6.07 Å². The number of esters is 1. The minimum Gasteiger partial charge on any atom is -0.479 e. The highest BCUT2D eigenvalue weighted by Crippen LogP contribution is 2.20. The number of hydrogen-bond acceptors (Lipinski definition) is 5. The molecule has 148 valence electrons. The van der Waals surface area contributed by atoms with Gasteiger partial charge < -0.3 is 19.3 Å². The number of rotatable bonds is 6. The van der Waals surface area contributed by atoms with Crippen LogP contribution in [0, 0.1) is 5.82 Å². The first-order valence-corrected chi connectivity index (χ1v) is 9.20. The Kier molecular flexibility index (Phi) is 6.47. The van der Waals surface area contributed by atoms with E-state index in [2.05, 4.69) is 0 Å². The molecule has 1 aliphatic heterocycles. The fourth-order valence-electron chi connectivity index (χ4n) is 3.00. The first-order valence-electron chi connectivity index (χ1n) is 9.20. The number of para-hydroxylation sites is 2. The van der Waals surface area contributed by atoms with Gasteiger partial charge in [0, 0.05) is 26.2 Å². The number of benzene rings is 2. The summed E-state index contributed by atoms with van der Waals surface area (Å²) in [5.74, 6) is -0.582. The smallest absolute Gasteiger partial charge is 0.347 e. The maximum absolute atomic E-state index is 13.9. The summed E-state index contributed by atoms with van der Waals surface area (Å²) in [6.45, 7) is 3.18. The van der Waals surface area contributed by atoms with Crippen molar-refractivity contribution in [2.45, 2.75) is 13.0 Å². The summed E-state index contributed by atoms with van der Waals surface area (Å²) in [6, 6.07) is 15.5. The monoisotopic (exact) mass is 386 g/mol. The molecular formula is C21H23FN2O4. The summed E-state index contributed by atoms with van der Waals surface area (Å²) in [5.41, 5.74) is 0.535. The first kappa shape index (κ1) is 19.7. The van der Waals surface area contributed by atoms with Crippen LogP contribution < -0.4 is 9.64 Å². The maximum Gasteiger partial charge on any atom is 0.347 e. The van der Waals surface area contributed by atoms with E-state index in [0.29, 0.717) is 37.6 Å². The lowest BCUT2D eigenvalue weighted by Crippen LogP contribution is -2.50. The number of nitrogens with zero attached hydrogens (tertiary/aromatic N) is 2. The average molecular weight is 386 g/mol. The maximum atomic E-state index is 13.9. The van der Waals surface area contributed by atoms with Crippen LogP contribution in [0.5, 0.6) is 5.75 Å². The molecule has 0 bridgehead atoms. The third-order valence-corrected chi connectivity index (χ3v) is 4.55. The second-order valence-corrected chi connectivity index (χ2v) is 6.50. The Morgan fingerprint density at radius 1 is 1.00 bits per heavy atom. The quantitative estimate of drug-likeness (QED) is 0.714. The van der Waals surface area contributed by atoms with Gasteiger partial charge in [-0.25, -0.2) is 9.18 Å². The van der Waals surface area contributed by atoms with Gasteiger partial charge in [0.2, 0.25) is 0 Å². The molecule has 0 spiro atoms. The summed E-state index contributed by atoms with van der Waals surface area (Å²) in [7, 11) is 0. The first-order chi connectivity index (χ1) is 13.5. The van der Waals surface area contributed by atoms with Crippen LogP contribution in [0.15, 0.2) is 54.6 Å². The normalized spacial score (nSPS) is 15.1. The van der Waals surface area contributed by atoms with E-state index >= 15 is 0 Å². The van der Waals surface area contributed by atoms with Crippen molar-refractivity contribution in [1.82, 2.24) is 4.90 Å². The molecule has 0 unspecified atom stereocenters. The van der Waals surface area contributed by atoms with Crippen LogP contribution >= 0.6 is 0 Å². The van der Waals surface area contributed by atoms with Crippen LogP contribution in [0.4, 0.5) is 10.1 Å². The van der Waals surface area contributed by atoms with Crippen LogP contribution in [0.1, 0.15) is 6.92 Å². The van der Waals surface area contributed by atoms with E-state index in [1.54, 1.807) is 54.3 Å². The molecule has 0 N–H and O–H groups in total. The number of hydrogen-bond donors (Lipinski definition) is 0. The fourth-order valence-corrected chi connectivity index (χ4v) is 3.00. The van der Waals surface area contributed by atoms with Gasteiger partial charge in [0.25, 0.3) is 5.91 Å². The largest absolute Gasteiger partial charge is 0.479 e. The lowest BCUT2D eigenvalue weighted by atomic mass is 10.2. The number of ether oxygens (including phenoxy) is 2. The Hall–Kier alpha value is -3.09. The zero-order chi connectivity index (χ0) is 19.9. The molecule has 0 radical (unpaired) electrons. The Balaban J connectivity index is 1.43. The average Bonchev–Trinajstić information content (AvgIpc) is 2.73. The van der Waals surface area contributed by atoms with Crippen molar-refractivity contribution in [3.8, 4) is 5.75 Å². The molecule has 28 heavy (non-hydrogen) atoms. The van der Waals surface area contributed by atoms with Crippen molar-refractivity contribution >= 4 is 17.6 Å². The van der Waals surface area contributed by atoms with Crippen LogP contribution in [-0.2, 0) is 14.3 Å². The topological polar surface area (TPSA) is 59.1 Å². The highest BCUT2D eigenvalue weighted by atomic mass is 19.1. The number of amides is 1. The molecular weight excluding hydrogens is 363 g/mol. The van der Waals surface area contributed by atoms with E-state index in [1.807, 2.05) is 11.0 Å². The second-order valence-electron chi connectivity index (χ2n) is 6.50. The molecule has 1 aliphatic rings. The Labute approximate surface area is 163 Å². The van der Waals surface area contributed by atoms with Crippen molar-refractivity contribution in [3.63, 3.8) is 0 Å². The molecule has 1 saturated heterocycles. The molecule has 1 fully saturated rings. The Bertz CT molecular complexity index is 807. The Morgan fingerprint density at radius 2 is 1.64 bits per heavy atom. The number of halogens is 1. The van der Waals surface area contributed by atoms with Gasteiger partial charge >= 0.3 is 5.97 Å². The molecule has 7 heteroatoms. The number of carbonyl (C=O) groups excluding carboxylic acids is 2. The summed E-state index contributed by atoms with van der Waals surface area (Å²) < 4.78 is 24.5. The van der Waals surface area contributed by atoms with Gasteiger partial charge in [0.05, 0.1) is 5.69 Å². The van der Waals surface area contributed by atoms with Gasteiger partial charge in [-0.3, -0.25) is 4.79 Å². The van der Waals surface area contributed by atoms with Gasteiger partial charge in [-0.1, -0.05) is 30.3 Å². The molecule has 2 aromatic carbocycles. The van der Waals surface area contributed by atoms with Gasteiger partial charge in [-0.05, 0) is 31.2 Å². The Morgan fingerprint density at radius 3 is 2.32 bits per heavy atom. The third kappa shape index (κ3) is 5.00. The van der Waals surface area contributed by atoms with Crippen molar-refractivity contribution in [1.29, 1.82) is 0 Å². The summed E-state index contributed by atoms with van der Waals surface area (Å²) in [4.78, 5) is 27.9. The highest BCUT2D eigenvalue weighted by molar-refractivity contribution is 5.82. The fraction of sp³-hybridized carbons (Fsp3) is 0.333. The van der Waals surface area contributed by atoms with E-state index in [4.69, 9.17) is 9.47 Å². The molecule has 0 aromatic heterocycles. The van der Waals surface area contributed by atoms with Crippen molar-refractivity contribution in [2.24, 2.45) is 0 Å². The predicted molar refractivity (Wildman–Crippen MR) is 103 cm³/mol. The van der Waals surface area contributed by atoms with Crippen molar-refractivity contribution in [3.05, 3.63) is 60.4 Å². The van der Waals surface area contributed by atoms with Crippen molar-refractivity contribution in [2.75, 3.05) is 37.7 Å². The summed E-state index contributed by atoms with van der Waals surface area (Å²) in [5, 5.41) is 0. The van der Waals surface area contributed by atoms with E-state index < -0.39 is 12.1 Å². The van der Waals surface area contributed by atoms with Crippen LogP contribution in [0.3, 0.4) is 0 Å². The summed E-state index contributed by atoms with van der Waals surface area (Å²) >= 11 is 0. The van der Waals surface area contributed by atoms with E-state index in [0.717, 1.165) is 0 Å². The zero-order valence-corrected chi connectivity index (χ0v) is 15.7. The lowest BCUT2D eigenvalue weighted by molar-refractivity contribution is -0.157. The van der Waals surface area contributed by atoms with Gasteiger partial charge in [0.15, 0.2) is 12.7 Å². The minimum absolute atomic E-state index is 0.270. The minimum atomic E-state index is -0.812. The van der Waals surface area contributed by atoms with Gasteiger partial charge in [0.1, 0.15) is 11.6 Å². The summed E-state index contributed by atoms with van der Waals surface area (Å²) in [6.07, 6.45) is -0.812. The lowest BCUT2D eigenvalue weighted by Gasteiger charge is -2.36. The molecule has 2 aromatic rings. The second kappa shape index (κ2) is 9.21. The molecule has 1 heterocycles. The molecule has 3 rings (SSSR count). The van der Waals surface area contributed by atoms with Gasteiger partial charge in [-0.2, -0.15) is 0 Å². The molecule has 1 atom stereocenters. The van der Waals surface area contributed by atoms with Crippen molar-refractivity contribution < 1.29 is 23.5 Å².